The van der Waals surface area contributed by atoms with Gasteiger partial charge in [-0.25, -0.2) is 0 Å². The Bertz CT molecular complexity index is 322. The zero-order chi connectivity index (χ0) is 12.0. The number of methoxy groups -OCH3 is 1. The summed E-state index contributed by atoms with van der Waals surface area (Å²) in [5, 5.41) is 0.790. The molecule has 16 heavy (non-hydrogen) atoms. The molecule has 0 saturated carbocycles. The third-order valence-electron chi connectivity index (χ3n) is 2.20. The highest BCUT2D eigenvalue weighted by Gasteiger charge is 2.08. The van der Waals surface area contributed by atoms with Crippen LogP contribution in [0.2, 0.25) is 5.02 Å². The lowest BCUT2D eigenvalue weighted by atomic mass is 10.2. The highest BCUT2D eigenvalue weighted by molar-refractivity contribution is 9.09. The molecule has 0 saturated heterocycles. The van der Waals surface area contributed by atoms with E-state index >= 15 is 0 Å². The average molecular weight is 307 g/mol. The van der Waals surface area contributed by atoms with Gasteiger partial charge < -0.3 is 9.64 Å². The predicted molar refractivity (Wildman–Crippen MR) is 72.4 cm³/mol. The minimum atomic E-state index is 0.363. The van der Waals surface area contributed by atoms with Gasteiger partial charge in [0, 0.05) is 25.2 Å². The van der Waals surface area contributed by atoms with Gasteiger partial charge in [-0.05, 0) is 24.7 Å². The van der Waals surface area contributed by atoms with E-state index in [9.17, 15) is 0 Å². The first-order chi connectivity index (χ1) is 7.61. The second kappa shape index (κ2) is 7.28. The van der Waals surface area contributed by atoms with Crippen LogP contribution >= 0.6 is 27.5 Å². The number of ether oxygens (including phenoxy) is 1. The second-order valence-electron chi connectivity index (χ2n) is 3.88. The van der Waals surface area contributed by atoms with Crippen molar-refractivity contribution in [1.29, 1.82) is 0 Å². The normalized spacial score (nSPS) is 13.1. The molecule has 0 aliphatic heterocycles. The lowest BCUT2D eigenvalue weighted by Crippen LogP contribution is -2.27. The van der Waals surface area contributed by atoms with Crippen molar-refractivity contribution in [3.8, 4) is 0 Å². The molecule has 0 fully saturated rings. The van der Waals surface area contributed by atoms with E-state index < -0.39 is 0 Å². The van der Waals surface area contributed by atoms with Gasteiger partial charge in [-0.2, -0.15) is 0 Å². The molecule has 0 aliphatic rings. The maximum absolute atomic E-state index is 5.94. The summed E-state index contributed by atoms with van der Waals surface area (Å²) in [6, 6.07) is 7.95. The molecule has 1 atom stereocenters. The molecular weight excluding hydrogens is 289 g/mol. The molecule has 1 rings (SSSR count). The SMILES string of the molecule is COCC(Br)CN(C)Cc1cccc(Cl)c1. The third kappa shape index (κ3) is 5.30. The number of rotatable bonds is 6. The third-order valence-corrected chi connectivity index (χ3v) is 2.99. The zero-order valence-electron chi connectivity index (χ0n) is 9.62. The maximum Gasteiger partial charge on any atom is 0.0600 e. The van der Waals surface area contributed by atoms with Crippen molar-refractivity contribution in [2.45, 2.75) is 11.4 Å². The molecular formula is C12H17BrClNO. The first-order valence-electron chi connectivity index (χ1n) is 5.18. The van der Waals surface area contributed by atoms with E-state index in [4.69, 9.17) is 16.3 Å². The second-order valence-corrected chi connectivity index (χ2v) is 5.61. The molecule has 0 amide bonds. The summed E-state index contributed by atoms with van der Waals surface area (Å²) in [5.41, 5.74) is 1.23. The number of nitrogens with zero attached hydrogens (tertiary/aromatic N) is 1. The first-order valence-corrected chi connectivity index (χ1v) is 6.47. The summed E-state index contributed by atoms with van der Waals surface area (Å²) < 4.78 is 5.08. The minimum Gasteiger partial charge on any atom is -0.383 e. The highest BCUT2D eigenvalue weighted by Crippen LogP contribution is 2.13. The molecule has 0 aliphatic carbocycles. The topological polar surface area (TPSA) is 12.5 Å². The number of halogens is 2. The molecule has 2 nitrogen and oxygen atoms in total. The largest absolute Gasteiger partial charge is 0.383 e. The van der Waals surface area contributed by atoms with Gasteiger partial charge in [-0.3, -0.25) is 0 Å². The molecule has 0 heterocycles. The zero-order valence-corrected chi connectivity index (χ0v) is 12.0. The summed E-state index contributed by atoms with van der Waals surface area (Å²) in [7, 11) is 3.80. The Hall–Kier alpha value is -0.0900. The van der Waals surface area contributed by atoms with Gasteiger partial charge in [0.15, 0.2) is 0 Å². The van der Waals surface area contributed by atoms with E-state index in [1.165, 1.54) is 5.56 Å². The number of hydrogen-bond donors (Lipinski definition) is 0. The molecule has 90 valence electrons. The quantitative estimate of drug-likeness (QED) is 0.749. The molecule has 1 aromatic rings. The van der Waals surface area contributed by atoms with Crippen molar-refractivity contribution in [2.24, 2.45) is 0 Å². The number of benzene rings is 1. The van der Waals surface area contributed by atoms with Crippen molar-refractivity contribution in [1.82, 2.24) is 4.90 Å². The van der Waals surface area contributed by atoms with Crippen LogP contribution in [0.3, 0.4) is 0 Å². The molecule has 0 radical (unpaired) electrons. The maximum atomic E-state index is 5.94. The van der Waals surface area contributed by atoms with Crippen LogP contribution in [0.1, 0.15) is 5.56 Å². The minimum absolute atomic E-state index is 0.363. The van der Waals surface area contributed by atoms with E-state index in [-0.39, 0.29) is 0 Å². The Labute approximate surface area is 111 Å². The molecule has 1 unspecified atom stereocenters. The van der Waals surface area contributed by atoms with Crippen molar-refractivity contribution < 1.29 is 4.74 Å². The fraction of sp³-hybridized carbons (Fsp3) is 0.500. The Morgan fingerprint density at radius 2 is 2.25 bits per heavy atom. The fourth-order valence-corrected chi connectivity index (χ4v) is 2.55. The summed E-state index contributed by atoms with van der Waals surface area (Å²) >= 11 is 9.51. The van der Waals surface area contributed by atoms with Gasteiger partial charge in [0.05, 0.1) is 11.4 Å². The van der Waals surface area contributed by atoms with Gasteiger partial charge in [0.1, 0.15) is 0 Å². The fourth-order valence-electron chi connectivity index (χ4n) is 1.58. The Morgan fingerprint density at radius 3 is 2.88 bits per heavy atom. The number of hydrogen-bond acceptors (Lipinski definition) is 2. The summed E-state index contributed by atoms with van der Waals surface area (Å²) in [6.45, 7) is 2.56. The van der Waals surface area contributed by atoms with Gasteiger partial charge >= 0.3 is 0 Å². The van der Waals surface area contributed by atoms with Crippen molar-refractivity contribution >= 4 is 27.5 Å². The molecule has 0 N–H and O–H groups in total. The molecule has 1 aromatic carbocycles. The smallest absolute Gasteiger partial charge is 0.0600 e. The summed E-state index contributed by atoms with van der Waals surface area (Å²) in [5.74, 6) is 0. The van der Waals surface area contributed by atoms with Crippen LogP contribution in [-0.4, -0.2) is 37.0 Å². The summed E-state index contributed by atoms with van der Waals surface area (Å²) in [6.07, 6.45) is 0. The van der Waals surface area contributed by atoms with E-state index in [1.54, 1.807) is 7.11 Å². The van der Waals surface area contributed by atoms with Crippen LogP contribution < -0.4 is 0 Å². The van der Waals surface area contributed by atoms with Crippen LogP contribution in [0.5, 0.6) is 0 Å². The number of alkyl halides is 1. The Kier molecular flexibility index (Phi) is 6.36. The lowest BCUT2D eigenvalue weighted by molar-refractivity contribution is 0.185. The molecule has 4 heteroatoms. The standard InChI is InChI=1S/C12H17BrClNO/c1-15(8-11(13)9-16-2)7-10-4-3-5-12(14)6-10/h3-6,11H,7-9H2,1-2H3. The lowest BCUT2D eigenvalue weighted by Gasteiger charge is -2.19. The molecule has 0 spiro atoms. The average Bonchev–Trinajstić information content (AvgIpc) is 2.17. The summed E-state index contributed by atoms with van der Waals surface area (Å²) in [4.78, 5) is 2.60. The van der Waals surface area contributed by atoms with E-state index in [0.29, 0.717) is 4.83 Å². The van der Waals surface area contributed by atoms with Gasteiger partial charge in [-0.1, -0.05) is 39.7 Å². The predicted octanol–water partition coefficient (Wildman–Crippen LogP) is 3.18. The van der Waals surface area contributed by atoms with Crippen molar-refractivity contribution in [3.63, 3.8) is 0 Å². The Morgan fingerprint density at radius 1 is 1.50 bits per heavy atom. The van der Waals surface area contributed by atoms with Gasteiger partial charge in [0.2, 0.25) is 0 Å². The monoisotopic (exact) mass is 305 g/mol. The van der Waals surface area contributed by atoms with E-state index in [2.05, 4.69) is 33.9 Å². The molecule has 0 bridgehead atoms. The van der Waals surface area contributed by atoms with Crippen molar-refractivity contribution in [3.05, 3.63) is 34.9 Å². The van der Waals surface area contributed by atoms with Crippen LogP contribution in [0, 0.1) is 0 Å². The van der Waals surface area contributed by atoms with E-state index in [1.807, 2.05) is 18.2 Å². The Balaban J connectivity index is 2.42. The van der Waals surface area contributed by atoms with Crippen LogP contribution in [-0.2, 0) is 11.3 Å². The van der Waals surface area contributed by atoms with E-state index in [0.717, 1.165) is 24.7 Å². The van der Waals surface area contributed by atoms with Crippen LogP contribution in [0.15, 0.2) is 24.3 Å². The van der Waals surface area contributed by atoms with Crippen molar-refractivity contribution in [2.75, 3.05) is 27.3 Å². The van der Waals surface area contributed by atoms with Crippen LogP contribution in [0.25, 0.3) is 0 Å². The highest BCUT2D eigenvalue weighted by atomic mass is 79.9. The molecule has 0 aromatic heterocycles. The van der Waals surface area contributed by atoms with Crippen LogP contribution in [0.4, 0.5) is 0 Å². The first kappa shape index (κ1) is 14.0. The van der Waals surface area contributed by atoms with Gasteiger partial charge in [0.25, 0.3) is 0 Å². The van der Waals surface area contributed by atoms with Gasteiger partial charge in [-0.15, -0.1) is 0 Å².